The fourth-order valence-corrected chi connectivity index (χ4v) is 3.73. The Morgan fingerprint density at radius 1 is 1.42 bits per heavy atom. The third-order valence-corrected chi connectivity index (χ3v) is 4.88. The molecule has 1 amide bonds. The van der Waals surface area contributed by atoms with E-state index in [1.54, 1.807) is 6.33 Å². The van der Waals surface area contributed by atoms with Gasteiger partial charge in [0.15, 0.2) is 0 Å². The minimum atomic E-state index is -0.0466. The van der Waals surface area contributed by atoms with Gasteiger partial charge in [-0.15, -0.1) is 0 Å². The maximum Gasteiger partial charge on any atom is 0.237 e. The van der Waals surface area contributed by atoms with E-state index < -0.39 is 0 Å². The van der Waals surface area contributed by atoms with E-state index in [0.717, 1.165) is 49.2 Å². The van der Waals surface area contributed by atoms with E-state index in [2.05, 4.69) is 33.7 Å². The highest BCUT2D eigenvalue weighted by atomic mass is 16.2. The summed E-state index contributed by atoms with van der Waals surface area (Å²) in [5.41, 5.74) is 0.849. The standard InChI is InChI=1S/C19H26N6O/c1-14(2)12-25(17(26)5-8-20)15-4-3-10-24(11-7-15)19-16-6-9-21-18(16)22-13-23-19/h6,9,13-15H,3-5,7,10-12H2,1-2H3,(H,21,22,23). The second kappa shape index (κ2) is 8.17. The van der Waals surface area contributed by atoms with Crippen LogP contribution in [0.1, 0.15) is 39.5 Å². The number of aromatic nitrogens is 3. The molecule has 26 heavy (non-hydrogen) atoms. The van der Waals surface area contributed by atoms with Gasteiger partial charge in [-0.2, -0.15) is 5.26 Å². The predicted octanol–water partition coefficient (Wildman–Crippen LogP) is 2.72. The van der Waals surface area contributed by atoms with Gasteiger partial charge < -0.3 is 14.8 Å². The Labute approximate surface area is 154 Å². The third kappa shape index (κ3) is 3.96. The van der Waals surface area contributed by atoms with Gasteiger partial charge in [-0.05, 0) is 31.2 Å². The summed E-state index contributed by atoms with van der Waals surface area (Å²) in [4.78, 5) is 28.6. The Kier molecular flexibility index (Phi) is 5.71. The minimum Gasteiger partial charge on any atom is -0.356 e. The molecule has 2 aromatic heterocycles. The normalized spacial score (nSPS) is 17.9. The van der Waals surface area contributed by atoms with Crippen LogP contribution in [-0.4, -0.2) is 51.4 Å². The number of carbonyl (C=O) groups excluding carboxylic acids is 1. The van der Waals surface area contributed by atoms with E-state index in [1.807, 2.05) is 23.2 Å². The van der Waals surface area contributed by atoms with Crippen molar-refractivity contribution in [2.24, 2.45) is 5.92 Å². The van der Waals surface area contributed by atoms with E-state index in [4.69, 9.17) is 5.26 Å². The van der Waals surface area contributed by atoms with Gasteiger partial charge in [0.25, 0.3) is 0 Å². The summed E-state index contributed by atoms with van der Waals surface area (Å²) in [5, 5.41) is 9.95. The van der Waals surface area contributed by atoms with E-state index in [0.29, 0.717) is 12.5 Å². The number of amides is 1. The highest BCUT2D eigenvalue weighted by molar-refractivity contribution is 5.87. The van der Waals surface area contributed by atoms with Crippen molar-refractivity contribution in [3.05, 3.63) is 18.6 Å². The zero-order valence-corrected chi connectivity index (χ0v) is 15.5. The quantitative estimate of drug-likeness (QED) is 0.892. The van der Waals surface area contributed by atoms with Gasteiger partial charge in [0, 0.05) is 31.9 Å². The first kappa shape index (κ1) is 18.2. The van der Waals surface area contributed by atoms with Crippen LogP contribution in [-0.2, 0) is 4.79 Å². The highest BCUT2D eigenvalue weighted by Crippen LogP contribution is 2.26. The van der Waals surface area contributed by atoms with Crippen molar-refractivity contribution in [3.8, 4) is 6.07 Å². The number of anilines is 1. The number of carbonyl (C=O) groups is 1. The van der Waals surface area contributed by atoms with E-state index >= 15 is 0 Å². The average molecular weight is 354 g/mol. The zero-order chi connectivity index (χ0) is 18.5. The first-order valence-electron chi connectivity index (χ1n) is 9.29. The highest BCUT2D eigenvalue weighted by Gasteiger charge is 2.27. The molecule has 1 saturated heterocycles. The fourth-order valence-electron chi connectivity index (χ4n) is 3.73. The van der Waals surface area contributed by atoms with Gasteiger partial charge in [0.1, 0.15) is 24.2 Å². The van der Waals surface area contributed by atoms with Gasteiger partial charge in [0.2, 0.25) is 5.91 Å². The molecule has 1 fully saturated rings. The lowest BCUT2D eigenvalue weighted by molar-refractivity contribution is -0.133. The van der Waals surface area contributed by atoms with Crippen LogP contribution in [0.3, 0.4) is 0 Å². The Morgan fingerprint density at radius 3 is 3.04 bits per heavy atom. The molecule has 0 aliphatic carbocycles. The van der Waals surface area contributed by atoms with Gasteiger partial charge in [-0.3, -0.25) is 4.79 Å². The van der Waals surface area contributed by atoms with Crippen LogP contribution in [0.15, 0.2) is 18.6 Å². The Bertz CT molecular complexity index is 793. The molecule has 0 spiro atoms. The second-order valence-corrected chi connectivity index (χ2v) is 7.28. The molecule has 0 aromatic carbocycles. The summed E-state index contributed by atoms with van der Waals surface area (Å²) in [5.74, 6) is 1.30. The van der Waals surface area contributed by atoms with Crippen LogP contribution in [0.25, 0.3) is 11.0 Å². The molecule has 1 N–H and O–H groups in total. The van der Waals surface area contributed by atoms with Crippen molar-refractivity contribution < 1.29 is 4.79 Å². The maximum absolute atomic E-state index is 12.4. The Hall–Kier alpha value is -2.62. The largest absolute Gasteiger partial charge is 0.356 e. The molecule has 7 nitrogen and oxygen atoms in total. The lowest BCUT2D eigenvalue weighted by Gasteiger charge is -2.32. The number of fused-ring (bicyclic) bond motifs is 1. The number of hydrogen-bond donors (Lipinski definition) is 1. The number of H-pyrrole nitrogens is 1. The lowest BCUT2D eigenvalue weighted by Crippen LogP contribution is -2.43. The van der Waals surface area contributed by atoms with E-state index in [9.17, 15) is 4.79 Å². The number of nitrogens with zero attached hydrogens (tertiary/aromatic N) is 5. The molecule has 7 heteroatoms. The number of hydrogen-bond acceptors (Lipinski definition) is 5. The summed E-state index contributed by atoms with van der Waals surface area (Å²) in [7, 11) is 0. The molecule has 1 unspecified atom stereocenters. The van der Waals surface area contributed by atoms with Gasteiger partial charge in [0.05, 0.1) is 11.5 Å². The number of nitriles is 1. The molecule has 2 aromatic rings. The molecule has 1 aliphatic heterocycles. The molecule has 0 bridgehead atoms. The van der Waals surface area contributed by atoms with Crippen molar-refractivity contribution in [2.45, 2.75) is 45.6 Å². The molecular formula is C19H26N6O. The minimum absolute atomic E-state index is 0.0389. The van der Waals surface area contributed by atoms with Crippen molar-refractivity contribution in [3.63, 3.8) is 0 Å². The number of rotatable bonds is 5. The second-order valence-electron chi connectivity index (χ2n) is 7.28. The monoisotopic (exact) mass is 354 g/mol. The van der Waals surface area contributed by atoms with E-state index in [1.165, 1.54) is 0 Å². The van der Waals surface area contributed by atoms with Crippen molar-refractivity contribution in [1.29, 1.82) is 5.26 Å². The summed E-state index contributed by atoms with van der Waals surface area (Å²) in [6.07, 6.45) is 6.28. The predicted molar refractivity (Wildman–Crippen MR) is 101 cm³/mol. The summed E-state index contributed by atoms with van der Waals surface area (Å²) >= 11 is 0. The van der Waals surface area contributed by atoms with Crippen molar-refractivity contribution in [2.75, 3.05) is 24.5 Å². The molecule has 3 rings (SSSR count). The molecule has 1 atom stereocenters. The SMILES string of the molecule is CC(C)CN(C(=O)CC#N)C1CCCN(c2ncnc3[nH]ccc23)CC1. The van der Waals surface area contributed by atoms with Crippen LogP contribution in [0.4, 0.5) is 5.82 Å². The van der Waals surface area contributed by atoms with Crippen molar-refractivity contribution >= 4 is 22.8 Å². The molecule has 3 heterocycles. The first-order chi connectivity index (χ1) is 12.6. The van der Waals surface area contributed by atoms with Gasteiger partial charge in [-0.1, -0.05) is 13.8 Å². The summed E-state index contributed by atoms with van der Waals surface area (Å²) in [6.45, 7) is 6.69. The first-order valence-corrected chi connectivity index (χ1v) is 9.29. The van der Waals surface area contributed by atoms with Crippen LogP contribution in [0.5, 0.6) is 0 Å². The van der Waals surface area contributed by atoms with Gasteiger partial charge >= 0.3 is 0 Å². The third-order valence-electron chi connectivity index (χ3n) is 4.88. The smallest absolute Gasteiger partial charge is 0.237 e. The van der Waals surface area contributed by atoms with Gasteiger partial charge in [-0.25, -0.2) is 9.97 Å². The van der Waals surface area contributed by atoms with Crippen LogP contribution in [0, 0.1) is 17.2 Å². The van der Waals surface area contributed by atoms with Crippen LogP contribution < -0.4 is 4.90 Å². The number of aromatic amines is 1. The Morgan fingerprint density at radius 2 is 2.27 bits per heavy atom. The molecule has 0 saturated carbocycles. The zero-order valence-electron chi connectivity index (χ0n) is 15.5. The topological polar surface area (TPSA) is 88.9 Å². The van der Waals surface area contributed by atoms with E-state index in [-0.39, 0.29) is 18.4 Å². The van der Waals surface area contributed by atoms with Crippen molar-refractivity contribution in [1.82, 2.24) is 19.9 Å². The molecule has 1 aliphatic rings. The summed E-state index contributed by atoms with van der Waals surface area (Å²) < 4.78 is 0. The molecule has 138 valence electrons. The lowest BCUT2D eigenvalue weighted by atomic mass is 10.0. The van der Waals surface area contributed by atoms with Crippen LogP contribution in [0.2, 0.25) is 0 Å². The maximum atomic E-state index is 12.4. The fraction of sp³-hybridized carbons (Fsp3) is 0.579. The molecular weight excluding hydrogens is 328 g/mol. The average Bonchev–Trinajstić information content (AvgIpc) is 2.97. The number of nitrogens with one attached hydrogen (secondary N) is 1. The molecule has 0 radical (unpaired) electrons. The van der Waals surface area contributed by atoms with Crippen LogP contribution >= 0.6 is 0 Å². The summed E-state index contributed by atoms with van der Waals surface area (Å²) in [6, 6.07) is 4.20. The Balaban J connectivity index is 1.75.